The molecular weight excluding hydrogens is 320 g/mol. The Hall–Kier alpha value is -1.64. The number of piperidine rings is 1. The largest absolute Gasteiger partial charge is 0.478 e. The maximum atomic E-state index is 12.9. The molecule has 1 saturated heterocycles. The van der Waals surface area contributed by atoms with Gasteiger partial charge in [-0.15, -0.1) is 0 Å². The molecule has 0 aromatic heterocycles. The minimum atomic E-state index is -3.64. The highest BCUT2D eigenvalue weighted by Gasteiger charge is 2.30. The van der Waals surface area contributed by atoms with E-state index in [2.05, 4.69) is 0 Å². The van der Waals surface area contributed by atoms with Crippen LogP contribution >= 0.6 is 0 Å². The van der Waals surface area contributed by atoms with E-state index >= 15 is 0 Å². The first-order valence-electron chi connectivity index (χ1n) is 7.57. The minimum absolute atomic E-state index is 0.121. The summed E-state index contributed by atoms with van der Waals surface area (Å²) in [5.41, 5.74) is 0.563. The lowest BCUT2D eigenvalue weighted by Crippen LogP contribution is -2.47. The highest BCUT2D eigenvalue weighted by Crippen LogP contribution is 2.23. The van der Waals surface area contributed by atoms with Crippen molar-refractivity contribution in [2.24, 2.45) is 0 Å². The van der Waals surface area contributed by atoms with Crippen LogP contribution in [-0.2, 0) is 14.9 Å². The highest BCUT2D eigenvalue weighted by atomic mass is 32.2. The maximum Gasteiger partial charge on any atom is 0.335 e. The summed E-state index contributed by atoms with van der Waals surface area (Å²) in [6.07, 6.45) is 2.75. The summed E-state index contributed by atoms with van der Waals surface area (Å²) in [5, 5.41) is 8.96. The van der Waals surface area contributed by atoms with Crippen molar-refractivity contribution in [2.75, 3.05) is 37.7 Å². The minimum Gasteiger partial charge on any atom is -0.478 e. The van der Waals surface area contributed by atoms with Gasteiger partial charge in [0, 0.05) is 20.2 Å². The zero-order valence-corrected chi connectivity index (χ0v) is 14.0. The van der Waals surface area contributed by atoms with Gasteiger partial charge in [0.15, 0.2) is 0 Å². The van der Waals surface area contributed by atoms with E-state index in [0.717, 1.165) is 19.3 Å². The average Bonchev–Trinajstić information content (AvgIpc) is 2.56. The summed E-state index contributed by atoms with van der Waals surface area (Å²) in [6, 6.07) is 5.84. The Labute approximate surface area is 136 Å². The van der Waals surface area contributed by atoms with Crippen molar-refractivity contribution in [1.82, 2.24) is 4.31 Å². The van der Waals surface area contributed by atoms with E-state index in [0.29, 0.717) is 18.8 Å². The summed E-state index contributed by atoms with van der Waals surface area (Å²) in [4.78, 5) is 10.9. The maximum absolute atomic E-state index is 12.9. The molecule has 128 valence electrons. The number of carboxylic acid groups (broad SMARTS) is 1. The number of aromatic carboxylic acids is 1. The SMILES string of the molecule is COCCN(c1ccc(C(=O)O)cc1)S(=O)(=O)N1CCCCC1. The molecule has 0 radical (unpaired) electrons. The monoisotopic (exact) mass is 342 g/mol. The summed E-state index contributed by atoms with van der Waals surface area (Å²) in [6.45, 7) is 1.47. The lowest BCUT2D eigenvalue weighted by molar-refractivity contribution is 0.0697. The third-order valence-corrected chi connectivity index (χ3v) is 5.79. The van der Waals surface area contributed by atoms with Gasteiger partial charge in [-0.1, -0.05) is 6.42 Å². The first kappa shape index (κ1) is 17.7. The molecule has 7 nitrogen and oxygen atoms in total. The van der Waals surface area contributed by atoms with Crippen molar-refractivity contribution in [1.29, 1.82) is 0 Å². The van der Waals surface area contributed by atoms with Crippen LogP contribution in [0.3, 0.4) is 0 Å². The van der Waals surface area contributed by atoms with Crippen molar-refractivity contribution in [3.05, 3.63) is 29.8 Å². The van der Waals surface area contributed by atoms with Crippen LogP contribution in [0.15, 0.2) is 24.3 Å². The van der Waals surface area contributed by atoms with Crippen molar-refractivity contribution >= 4 is 21.9 Å². The summed E-state index contributed by atoms with van der Waals surface area (Å²) in [7, 11) is -2.13. The number of anilines is 1. The second-order valence-electron chi connectivity index (χ2n) is 5.38. The zero-order valence-electron chi connectivity index (χ0n) is 13.1. The molecule has 1 aliphatic rings. The van der Waals surface area contributed by atoms with Crippen LogP contribution in [0.4, 0.5) is 5.69 Å². The van der Waals surface area contributed by atoms with Gasteiger partial charge < -0.3 is 9.84 Å². The molecule has 1 aliphatic heterocycles. The lowest BCUT2D eigenvalue weighted by atomic mass is 10.2. The molecule has 0 atom stereocenters. The van der Waals surface area contributed by atoms with Crippen molar-refractivity contribution in [2.45, 2.75) is 19.3 Å². The van der Waals surface area contributed by atoms with Gasteiger partial charge in [-0.3, -0.25) is 4.31 Å². The van der Waals surface area contributed by atoms with Crippen molar-refractivity contribution in [3.63, 3.8) is 0 Å². The van der Waals surface area contributed by atoms with Gasteiger partial charge in [0.25, 0.3) is 0 Å². The van der Waals surface area contributed by atoms with Gasteiger partial charge in [0.05, 0.1) is 24.4 Å². The molecule has 1 heterocycles. The summed E-state index contributed by atoms with van der Waals surface area (Å²) < 4.78 is 33.6. The number of nitrogens with zero attached hydrogens (tertiary/aromatic N) is 2. The number of methoxy groups -OCH3 is 1. The molecule has 0 spiro atoms. The molecule has 0 saturated carbocycles. The van der Waals surface area contributed by atoms with Crippen LogP contribution in [0.25, 0.3) is 0 Å². The molecule has 0 amide bonds. The molecule has 1 fully saturated rings. The lowest BCUT2D eigenvalue weighted by Gasteiger charge is -2.33. The second kappa shape index (κ2) is 7.76. The normalized spacial score (nSPS) is 16.2. The number of carbonyl (C=O) groups is 1. The quantitative estimate of drug-likeness (QED) is 0.813. The number of ether oxygens (including phenoxy) is 1. The Morgan fingerprint density at radius 2 is 1.83 bits per heavy atom. The van der Waals surface area contributed by atoms with Crippen molar-refractivity contribution in [3.8, 4) is 0 Å². The van der Waals surface area contributed by atoms with Crippen molar-refractivity contribution < 1.29 is 23.1 Å². The number of rotatable bonds is 7. The third kappa shape index (κ3) is 4.21. The first-order chi connectivity index (χ1) is 11.0. The fraction of sp³-hybridized carbons (Fsp3) is 0.533. The van der Waals surface area contributed by atoms with Crippen LogP contribution in [0.5, 0.6) is 0 Å². The van der Waals surface area contributed by atoms with E-state index in [-0.39, 0.29) is 18.7 Å². The molecule has 1 N–H and O–H groups in total. The van der Waals surface area contributed by atoms with E-state index in [1.165, 1.54) is 40.0 Å². The van der Waals surface area contributed by atoms with E-state index in [9.17, 15) is 13.2 Å². The van der Waals surface area contributed by atoms with Gasteiger partial charge in [-0.25, -0.2) is 4.79 Å². The number of benzene rings is 1. The second-order valence-corrected chi connectivity index (χ2v) is 7.24. The van der Waals surface area contributed by atoms with E-state index < -0.39 is 16.2 Å². The molecule has 1 aromatic rings. The molecule has 8 heteroatoms. The van der Waals surface area contributed by atoms with Gasteiger partial charge >= 0.3 is 16.2 Å². The predicted molar refractivity (Wildman–Crippen MR) is 87.0 cm³/mol. The molecule has 0 bridgehead atoms. The van der Waals surface area contributed by atoms with Gasteiger partial charge in [0.1, 0.15) is 0 Å². The molecule has 0 unspecified atom stereocenters. The van der Waals surface area contributed by atoms with Crippen LogP contribution in [-0.4, -0.2) is 57.1 Å². The fourth-order valence-corrected chi connectivity index (χ4v) is 4.25. The standard InChI is InChI=1S/C15H22N2O5S/c1-22-12-11-17(14-7-5-13(6-8-14)15(18)19)23(20,21)16-9-3-2-4-10-16/h5-8H,2-4,9-12H2,1H3,(H,18,19). The zero-order chi connectivity index (χ0) is 16.9. The van der Waals surface area contributed by atoms with E-state index in [1.807, 2.05) is 0 Å². The van der Waals surface area contributed by atoms with Crippen LogP contribution < -0.4 is 4.31 Å². The number of hydrogen-bond acceptors (Lipinski definition) is 4. The Bertz CT molecular complexity index is 624. The molecular formula is C15H22N2O5S. The first-order valence-corrected chi connectivity index (χ1v) is 8.96. The Morgan fingerprint density at radius 3 is 2.35 bits per heavy atom. The van der Waals surface area contributed by atoms with Gasteiger partial charge in [0.2, 0.25) is 0 Å². The van der Waals surface area contributed by atoms with E-state index in [1.54, 1.807) is 0 Å². The van der Waals surface area contributed by atoms with Crippen LogP contribution in [0.2, 0.25) is 0 Å². The molecule has 0 aliphatic carbocycles. The Kier molecular flexibility index (Phi) is 5.97. The topological polar surface area (TPSA) is 87.1 Å². The molecule has 1 aromatic carbocycles. The summed E-state index contributed by atoms with van der Waals surface area (Å²) >= 11 is 0. The van der Waals surface area contributed by atoms with Gasteiger partial charge in [-0.05, 0) is 37.1 Å². The third-order valence-electron chi connectivity index (χ3n) is 3.82. The molecule has 2 rings (SSSR count). The van der Waals surface area contributed by atoms with Crippen LogP contribution in [0, 0.1) is 0 Å². The highest BCUT2D eigenvalue weighted by molar-refractivity contribution is 7.90. The predicted octanol–water partition coefficient (Wildman–Crippen LogP) is 1.57. The smallest absolute Gasteiger partial charge is 0.335 e. The Balaban J connectivity index is 2.29. The number of carboxylic acids is 1. The fourth-order valence-electron chi connectivity index (χ4n) is 2.56. The average molecular weight is 342 g/mol. The van der Waals surface area contributed by atoms with Gasteiger partial charge in [-0.2, -0.15) is 12.7 Å². The molecule has 23 heavy (non-hydrogen) atoms. The number of hydrogen-bond donors (Lipinski definition) is 1. The summed E-state index contributed by atoms with van der Waals surface area (Å²) in [5.74, 6) is -1.04. The van der Waals surface area contributed by atoms with E-state index in [4.69, 9.17) is 9.84 Å². The van der Waals surface area contributed by atoms with Crippen LogP contribution in [0.1, 0.15) is 29.6 Å². The Morgan fingerprint density at radius 1 is 1.22 bits per heavy atom.